The molecule has 2 heteroatoms. The Hall–Kier alpha value is -1.83. The summed E-state index contributed by atoms with van der Waals surface area (Å²) >= 11 is 0. The molecule has 0 unspecified atom stereocenters. The van der Waals surface area contributed by atoms with E-state index in [0.717, 1.165) is 13.0 Å². The minimum absolute atomic E-state index is 0.940. The first-order valence-electron chi connectivity index (χ1n) is 5.96. The topological polar surface area (TPSA) is 24.9 Å². The second kappa shape index (κ2) is 5.48. The Morgan fingerprint density at radius 1 is 1.18 bits per heavy atom. The molecule has 0 saturated heterocycles. The van der Waals surface area contributed by atoms with Crippen molar-refractivity contribution in [1.82, 2.24) is 4.98 Å². The Bertz CT molecular complexity index is 478. The van der Waals surface area contributed by atoms with Gasteiger partial charge in [0.25, 0.3) is 0 Å². The fraction of sp³-hybridized carbons (Fsp3) is 0.267. The second-order valence-corrected chi connectivity index (χ2v) is 4.36. The summed E-state index contributed by atoms with van der Waals surface area (Å²) in [6.45, 7) is 5.19. The molecule has 0 saturated carbocycles. The van der Waals surface area contributed by atoms with Crippen molar-refractivity contribution in [2.24, 2.45) is 0 Å². The van der Waals surface area contributed by atoms with Crippen LogP contribution in [0.5, 0.6) is 0 Å². The fourth-order valence-electron chi connectivity index (χ4n) is 1.81. The summed E-state index contributed by atoms with van der Waals surface area (Å²) < 4.78 is 0. The maximum absolute atomic E-state index is 4.11. The number of nitrogens with one attached hydrogen (secondary N) is 1. The van der Waals surface area contributed by atoms with E-state index in [9.17, 15) is 0 Å². The van der Waals surface area contributed by atoms with E-state index < -0.39 is 0 Å². The number of nitrogens with zero attached hydrogens (tertiary/aromatic N) is 1. The van der Waals surface area contributed by atoms with Crippen LogP contribution in [0.15, 0.2) is 42.7 Å². The SMILES string of the molecule is Cc1ccc(C)c(NCCc2cccnc2)c1. The zero-order valence-corrected chi connectivity index (χ0v) is 10.4. The first kappa shape index (κ1) is 11.6. The van der Waals surface area contributed by atoms with Gasteiger partial charge >= 0.3 is 0 Å². The highest BCUT2D eigenvalue weighted by molar-refractivity contribution is 5.52. The molecular formula is C15H18N2. The van der Waals surface area contributed by atoms with E-state index in [2.05, 4.69) is 48.4 Å². The third-order valence-electron chi connectivity index (χ3n) is 2.84. The number of pyridine rings is 1. The summed E-state index contributed by atoms with van der Waals surface area (Å²) in [7, 11) is 0. The zero-order chi connectivity index (χ0) is 12.1. The monoisotopic (exact) mass is 226 g/mol. The van der Waals surface area contributed by atoms with Crippen LogP contribution in [-0.4, -0.2) is 11.5 Å². The van der Waals surface area contributed by atoms with E-state index in [-0.39, 0.29) is 0 Å². The van der Waals surface area contributed by atoms with E-state index in [4.69, 9.17) is 0 Å². The maximum atomic E-state index is 4.11. The molecule has 2 aromatic rings. The predicted octanol–water partition coefficient (Wildman–Crippen LogP) is 3.35. The molecule has 1 aromatic heterocycles. The maximum Gasteiger partial charge on any atom is 0.0372 e. The smallest absolute Gasteiger partial charge is 0.0372 e. The molecule has 0 amide bonds. The van der Waals surface area contributed by atoms with Crippen LogP contribution < -0.4 is 5.32 Å². The van der Waals surface area contributed by atoms with E-state index in [1.807, 2.05) is 18.5 Å². The largest absolute Gasteiger partial charge is 0.384 e. The Balaban J connectivity index is 1.92. The molecule has 0 aliphatic carbocycles. The molecule has 1 heterocycles. The van der Waals surface area contributed by atoms with Crippen molar-refractivity contribution in [2.75, 3.05) is 11.9 Å². The van der Waals surface area contributed by atoms with Gasteiger partial charge < -0.3 is 5.32 Å². The molecule has 0 aliphatic rings. The van der Waals surface area contributed by atoms with Gasteiger partial charge in [-0.2, -0.15) is 0 Å². The van der Waals surface area contributed by atoms with E-state index in [0.29, 0.717) is 0 Å². The van der Waals surface area contributed by atoms with Crippen molar-refractivity contribution < 1.29 is 0 Å². The zero-order valence-electron chi connectivity index (χ0n) is 10.4. The van der Waals surface area contributed by atoms with Gasteiger partial charge in [-0.1, -0.05) is 18.2 Å². The second-order valence-electron chi connectivity index (χ2n) is 4.36. The third kappa shape index (κ3) is 3.31. The van der Waals surface area contributed by atoms with Gasteiger partial charge in [-0.05, 0) is 49.1 Å². The number of anilines is 1. The lowest BCUT2D eigenvalue weighted by molar-refractivity contribution is 1.00. The molecule has 0 aliphatic heterocycles. The van der Waals surface area contributed by atoms with Crippen LogP contribution in [0.25, 0.3) is 0 Å². The van der Waals surface area contributed by atoms with Crippen LogP contribution in [0.3, 0.4) is 0 Å². The van der Waals surface area contributed by atoms with Gasteiger partial charge in [-0.15, -0.1) is 0 Å². The Morgan fingerprint density at radius 3 is 2.82 bits per heavy atom. The molecule has 0 bridgehead atoms. The van der Waals surface area contributed by atoms with Crippen LogP contribution in [0.4, 0.5) is 5.69 Å². The number of aryl methyl sites for hydroxylation is 2. The van der Waals surface area contributed by atoms with Gasteiger partial charge in [0.15, 0.2) is 0 Å². The molecule has 88 valence electrons. The number of hydrogen-bond donors (Lipinski definition) is 1. The van der Waals surface area contributed by atoms with Crippen molar-refractivity contribution in [2.45, 2.75) is 20.3 Å². The summed E-state index contributed by atoms with van der Waals surface area (Å²) in [6.07, 6.45) is 4.73. The van der Waals surface area contributed by atoms with Crippen LogP contribution in [0.1, 0.15) is 16.7 Å². The van der Waals surface area contributed by atoms with Gasteiger partial charge in [0.1, 0.15) is 0 Å². The molecule has 1 aromatic carbocycles. The average Bonchev–Trinajstić information content (AvgIpc) is 2.35. The number of hydrogen-bond acceptors (Lipinski definition) is 2. The van der Waals surface area contributed by atoms with E-state index in [1.54, 1.807) is 0 Å². The summed E-state index contributed by atoms with van der Waals surface area (Å²) in [6, 6.07) is 10.6. The lowest BCUT2D eigenvalue weighted by Crippen LogP contribution is -2.06. The molecule has 0 radical (unpaired) electrons. The molecule has 1 N–H and O–H groups in total. The lowest BCUT2D eigenvalue weighted by Gasteiger charge is -2.10. The predicted molar refractivity (Wildman–Crippen MR) is 72.3 cm³/mol. The van der Waals surface area contributed by atoms with Crippen molar-refractivity contribution in [3.63, 3.8) is 0 Å². The molecule has 0 atom stereocenters. The van der Waals surface area contributed by atoms with Crippen LogP contribution in [0.2, 0.25) is 0 Å². The summed E-state index contributed by atoms with van der Waals surface area (Å²) in [5.41, 5.74) is 5.08. The Morgan fingerprint density at radius 2 is 2.06 bits per heavy atom. The Labute approximate surface area is 103 Å². The fourth-order valence-corrected chi connectivity index (χ4v) is 1.81. The highest BCUT2D eigenvalue weighted by Crippen LogP contribution is 2.16. The van der Waals surface area contributed by atoms with Gasteiger partial charge in [-0.25, -0.2) is 0 Å². The van der Waals surface area contributed by atoms with E-state index in [1.165, 1.54) is 22.4 Å². The molecule has 17 heavy (non-hydrogen) atoms. The number of aromatic nitrogens is 1. The van der Waals surface area contributed by atoms with Crippen LogP contribution in [0, 0.1) is 13.8 Å². The standard InChI is InChI=1S/C15H18N2/c1-12-5-6-13(2)15(10-12)17-9-7-14-4-3-8-16-11-14/h3-6,8,10-11,17H,7,9H2,1-2H3. The molecule has 0 spiro atoms. The minimum Gasteiger partial charge on any atom is -0.384 e. The summed E-state index contributed by atoms with van der Waals surface area (Å²) in [5.74, 6) is 0. The summed E-state index contributed by atoms with van der Waals surface area (Å²) in [4.78, 5) is 4.11. The van der Waals surface area contributed by atoms with Gasteiger partial charge in [0.2, 0.25) is 0 Å². The van der Waals surface area contributed by atoms with Crippen molar-refractivity contribution in [1.29, 1.82) is 0 Å². The first-order chi connectivity index (χ1) is 8.25. The number of rotatable bonds is 4. The molecule has 0 fully saturated rings. The third-order valence-corrected chi connectivity index (χ3v) is 2.84. The summed E-state index contributed by atoms with van der Waals surface area (Å²) in [5, 5.41) is 3.47. The van der Waals surface area contributed by atoms with Crippen LogP contribution in [-0.2, 0) is 6.42 Å². The quantitative estimate of drug-likeness (QED) is 0.864. The van der Waals surface area contributed by atoms with Gasteiger partial charge in [0.05, 0.1) is 0 Å². The number of benzene rings is 1. The van der Waals surface area contributed by atoms with Gasteiger partial charge in [-0.3, -0.25) is 4.98 Å². The van der Waals surface area contributed by atoms with Gasteiger partial charge in [0, 0.05) is 24.6 Å². The first-order valence-corrected chi connectivity index (χ1v) is 5.96. The molecule has 2 nitrogen and oxygen atoms in total. The van der Waals surface area contributed by atoms with E-state index >= 15 is 0 Å². The lowest BCUT2D eigenvalue weighted by atomic mass is 10.1. The van der Waals surface area contributed by atoms with Crippen molar-refractivity contribution in [3.05, 3.63) is 59.4 Å². The highest BCUT2D eigenvalue weighted by Gasteiger charge is 1.98. The normalized spacial score (nSPS) is 10.2. The molecular weight excluding hydrogens is 208 g/mol. The average molecular weight is 226 g/mol. The van der Waals surface area contributed by atoms with Crippen molar-refractivity contribution in [3.8, 4) is 0 Å². The Kier molecular flexibility index (Phi) is 3.76. The van der Waals surface area contributed by atoms with Crippen molar-refractivity contribution >= 4 is 5.69 Å². The minimum atomic E-state index is 0.940. The van der Waals surface area contributed by atoms with Crippen LogP contribution >= 0.6 is 0 Å². The molecule has 2 rings (SSSR count). The highest BCUT2D eigenvalue weighted by atomic mass is 14.9.